The Hall–Kier alpha value is -4.60. The average molecular weight is 474 g/mol. The van der Waals surface area contributed by atoms with Gasteiger partial charge in [0.1, 0.15) is 22.6 Å². The Morgan fingerprint density at radius 1 is 0.829 bits per heavy atom. The van der Waals surface area contributed by atoms with Crippen molar-refractivity contribution in [3.8, 4) is 22.9 Å². The van der Waals surface area contributed by atoms with E-state index in [1.807, 2.05) is 0 Å². The molecule has 4 heterocycles. The number of nitrogens with one attached hydrogen (secondary N) is 4. The Morgan fingerprint density at radius 3 is 1.83 bits per heavy atom. The number of aromatic nitrogens is 2. The Bertz CT molecular complexity index is 1460. The summed E-state index contributed by atoms with van der Waals surface area (Å²) in [6.45, 7) is 0.122. The lowest BCUT2D eigenvalue weighted by Gasteiger charge is -2.19. The second-order valence-electron chi connectivity index (χ2n) is 8.31. The number of pyridine rings is 2. The maximum absolute atomic E-state index is 12.8. The van der Waals surface area contributed by atoms with Crippen molar-refractivity contribution >= 4 is 11.8 Å². The minimum atomic E-state index is -0.558. The molecule has 178 valence electrons. The van der Waals surface area contributed by atoms with Crippen LogP contribution in [0.4, 0.5) is 0 Å². The zero-order valence-electron chi connectivity index (χ0n) is 18.5. The number of aromatic amines is 2. The molecule has 1 atom stereocenters. The zero-order chi connectivity index (χ0) is 24.4. The quantitative estimate of drug-likeness (QED) is 0.308. The summed E-state index contributed by atoms with van der Waals surface area (Å²) in [5.74, 6) is 0.0553. The van der Waals surface area contributed by atoms with Gasteiger partial charge in [-0.2, -0.15) is 0 Å². The first-order chi connectivity index (χ1) is 17.0. The number of amides is 2. The standard InChI is InChI=1S/C25H22N4O6/c30-22(15-7-9-17(27-23(15)31)20-3-1-11-34-20)26-13-19(14-5-6-14)29-25(33)16-8-10-18(28-24(16)32)21-4-2-12-35-21/h1-4,7-12,14,19H,5-6,13H2,(H,26,30)(H,27,31)(H,28,32)(H,29,33). The van der Waals surface area contributed by atoms with Crippen LogP contribution in [0.5, 0.6) is 0 Å². The van der Waals surface area contributed by atoms with Crippen LogP contribution >= 0.6 is 0 Å². The van der Waals surface area contributed by atoms with E-state index in [2.05, 4.69) is 20.6 Å². The third kappa shape index (κ3) is 4.86. The van der Waals surface area contributed by atoms with E-state index in [9.17, 15) is 19.2 Å². The lowest BCUT2D eigenvalue weighted by Crippen LogP contribution is -2.46. The van der Waals surface area contributed by atoms with Gasteiger partial charge in [-0.3, -0.25) is 19.2 Å². The van der Waals surface area contributed by atoms with Gasteiger partial charge in [0.05, 0.1) is 23.9 Å². The fourth-order valence-corrected chi connectivity index (χ4v) is 3.83. The van der Waals surface area contributed by atoms with Crippen LogP contribution in [0.3, 0.4) is 0 Å². The molecule has 35 heavy (non-hydrogen) atoms. The summed E-state index contributed by atoms with van der Waals surface area (Å²) in [4.78, 5) is 55.6. The lowest BCUT2D eigenvalue weighted by molar-refractivity contribution is 0.0902. The molecule has 0 bridgehead atoms. The first-order valence-corrected chi connectivity index (χ1v) is 11.1. The van der Waals surface area contributed by atoms with Gasteiger partial charge >= 0.3 is 0 Å². The SMILES string of the molecule is O=C(NCC(NC(=O)c1ccc(-c2ccco2)[nH]c1=O)C1CC1)c1ccc(-c2ccco2)[nH]c1=O. The predicted octanol–water partition coefficient (Wildman–Crippen LogP) is 2.52. The van der Waals surface area contributed by atoms with Crippen molar-refractivity contribution in [2.75, 3.05) is 6.54 Å². The number of hydrogen-bond donors (Lipinski definition) is 4. The summed E-state index contributed by atoms with van der Waals surface area (Å²) < 4.78 is 10.5. The van der Waals surface area contributed by atoms with E-state index in [4.69, 9.17) is 8.83 Å². The van der Waals surface area contributed by atoms with E-state index in [1.54, 1.807) is 36.4 Å². The highest BCUT2D eigenvalue weighted by Gasteiger charge is 2.33. The topological polar surface area (TPSA) is 150 Å². The van der Waals surface area contributed by atoms with Gasteiger partial charge in [0, 0.05) is 12.6 Å². The Morgan fingerprint density at radius 2 is 1.37 bits per heavy atom. The van der Waals surface area contributed by atoms with Crippen molar-refractivity contribution in [2.24, 2.45) is 5.92 Å². The van der Waals surface area contributed by atoms with Crippen LogP contribution in [0.25, 0.3) is 22.9 Å². The fraction of sp³-hybridized carbons (Fsp3) is 0.200. The van der Waals surface area contributed by atoms with Gasteiger partial charge in [-0.1, -0.05) is 0 Å². The van der Waals surface area contributed by atoms with Gasteiger partial charge < -0.3 is 29.4 Å². The number of H-pyrrole nitrogens is 2. The average Bonchev–Trinajstić information content (AvgIpc) is 3.31. The molecule has 10 heteroatoms. The van der Waals surface area contributed by atoms with Crippen LogP contribution in [-0.2, 0) is 0 Å². The van der Waals surface area contributed by atoms with Crippen LogP contribution in [0.2, 0.25) is 0 Å². The van der Waals surface area contributed by atoms with Gasteiger partial charge in [-0.15, -0.1) is 0 Å². The minimum Gasteiger partial charge on any atom is -0.463 e. The maximum atomic E-state index is 12.8. The molecule has 0 saturated heterocycles. The van der Waals surface area contributed by atoms with Crippen molar-refractivity contribution in [1.82, 2.24) is 20.6 Å². The molecular weight excluding hydrogens is 452 g/mol. The zero-order valence-corrected chi connectivity index (χ0v) is 18.5. The Labute approximate surface area is 198 Å². The van der Waals surface area contributed by atoms with Crippen molar-refractivity contribution in [2.45, 2.75) is 18.9 Å². The lowest BCUT2D eigenvalue weighted by atomic mass is 10.1. The molecule has 4 aromatic heterocycles. The first kappa shape index (κ1) is 22.2. The molecular formula is C25H22N4O6. The summed E-state index contributed by atoms with van der Waals surface area (Å²) in [6.07, 6.45) is 4.77. The van der Waals surface area contributed by atoms with Gasteiger partial charge in [-0.05, 0) is 67.3 Å². The summed E-state index contributed by atoms with van der Waals surface area (Å²) in [5, 5.41) is 5.56. The molecule has 4 N–H and O–H groups in total. The molecule has 4 aromatic rings. The smallest absolute Gasteiger partial charge is 0.261 e. The minimum absolute atomic E-state index is 0.0396. The fourth-order valence-electron chi connectivity index (χ4n) is 3.83. The van der Waals surface area contributed by atoms with E-state index in [-0.39, 0.29) is 29.6 Å². The number of furan rings is 2. The highest BCUT2D eigenvalue weighted by Crippen LogP contribution is 2.32. The van der Waals surface area contributed by atoms with Crippen molar-refractivity contribution in [1.29, 1.82) is 0 Å². The van der Waals surface area contributed by atoms with Gasteiger partial charge in [0.2, 0.25) is 0 Å². The van der Waals surface area contributed by atoms with Gasteiger partial charge in [-0.25, -0.2) is 0 Å². The molecule has 0 radical (unpaired) electrons. The van der Waals surface area contributed by atoms with Crippen LogP contribution in [0, 0.1) is 5.92 Å². The second kappa shape index (κ2) is 9.34. The molecule has 0 spiro atoms. The summed E-state index contributed by atoms with van der Waals surface area (Å²) in [7, 11) is 0. The van der Waals surface area contributed by atoms with E-state index < -0.39 is 22.9 Å². The number of hydrogen-bond acceptors (Lipinski definition) is 6. The molecule has 5 rings (SSSR count). The molecule has 1 aliphatic carbocycles. The van der Waals surface area contributed by atoms with E-state index >= 15 is 0 Å². The molecule has 10 nitrogen and oxygen atoms in total. The Kier molecular flexibility index (Phi) is 5.92. The number of carbonyl (C=O) groups excluding carboxylic acids is 2. The van der Waals surface area contributed by atoms with Crippen molar-refractivity contribution < 1.29 is 18.4 Å². The maximum Gasteiger partial charge on any atom is 0.261 e. The molecule has 1 unspecified atom stereocenters. The van der Waals surface area contributed by atoms with Gasteiger partial charge in [0.15, 0.2) is 0 Å². The third-order valence-electron chi connectivity index (χ3n) is 5.87. The van der Waals surface area contributed by atoms with Crippen LogP contribution in [-0.4, -0.2) is 34.4 Å². The van der Waals surface area contributed by atoms with E-state index in [0.717, 1.165) is 12.8 Å². The third-order valence-corrected chi connectivity index (χ3v) is 5.87. The van der Waals surface area contributed by atoms with E-state index in [1.165, 1.54) is 24.7 Å². The van der Waals surface area contributed by atoms with Crippen molar-refractivity contribution in [3.63, 3.8) is 0 Å². The van der Waals surface area contributed by atoms with E-state index in [0.29, 0.717) is 22.9 Å². The molecule has 1 saturated carbocycles. The van der Waals surface area contributed by atoms with Crippen LogP contribution in [0.1, 0.15) is 33.6 Å². The summed E-state index contributed by atoms with van der Waals surface area (Å²) >= 11 is 0. The summed E-state index contributed by atoms with van der Waals surface area (Å²) in [6, 6.07) is 12.5. The highest BCUT2D eigenvalue weighted by atomic mass is 16.3. The molecule has 0 aromatic carbocycles. The first-order valence-electron chi connectivity index (χ1n) is 11.1. The van der Waals surface area contributed by atoms with Crippen LogP contribution in [0.15, 0.2) is 79.5 Å². The Balaban J connectivity index is 1.24. The van der Waals surface area contributed by atoms with Crippen LogP contribution < -0.4 is 21.8 Å². The highest BCUT2D eigenvalue weighted by molar-refractivity contribution is 5.95. The molecule has 2 amide bonds. The predicted molar refractivity (Wildman–Crippen MR) is 126 cm³/mol. The van der Waals surface area contributed by atoms with Crippen molar-refractivity contribution in [3.05, 3.63) is 92.9 Å². The largest absolute Gasteiger partial charge is 0.463 e. The molecule has 0 aliphatic heterocycles. The molecule has 1 aliphatic rings. The number of carbonyl (C=O) groups is 2. The second-order valence-corrected chi connectivity index (χ2v) is 8.31. The number of rotatable bonds is 8. The monoisotopic (exact) mass is 474 g/mol. The molecule has 1 fully saturated rings. The summed E-state index contributed by atoms with van der Waals surface area (Å²) in [5.41, 5.74) is -0.257. The normalized spacial score (nSPS) is 13.8. The van der Waals surface area contributed by atoms with Gasteiger partial charge in [0.25, 0.3) is 22.9 Å².